The molecule has 0 aliphatic heterocycles. The highest BCUT2D eigenvalue weighted by molar-refractivity contribution is 7.80. The third-order valence-electron chi connectivity index (χ3n) is 3.68. The predicted molar refractivity (Wildman–Crippen MR) is 92.6 cm³/mol. The lowest BCUT2D eigenvalue weighted by molar-refractivity contribution is 0.873. The van der Waals surface area contributed by atoms with Crippen molar-refractivity contribution in [3.8, 4) is 0 Å². The monoisotopic (exact) mass is 296 g/mol. The van der Waals surface area contributed by atoms with Crippen LogP contribution in [0.5, 0.6) is 0 Å². The summed E-state index contributed by atoms with van der Waals surface area (Å²) in [5.41, 5.74) is 3.67. The second-order valence-electron chi connectivity index (χ2n) is 5.63. The van der Waals surface area contributed by atoms with E-state index in [-0.39, 0.29) is 0 Å². The number of benzene rings is 2. The van der Waals surface area contributed by atoms with Crippen LogP contribution in [0.3, 0.4) is 0 Å². The maximum Gasteiger partial charge on any atom is 0.173 e. The number of nitrogens with one attached hydrogen (secondary N) is 1. The first kappa shape index (κ1) is 14.1. The van der Waals surface area contributed by atoms with Crippen molar-refractivity contribution in [2.24, 2.45) is 0 Å². The van der Waals surface area contributed by atoms with Gasteiger partial charge in [-0.1, -0.05) is 48.0 Å². The minimum Gasteiger partial charge on any atom is -0.360 e. The highest BCUT2D eigenvalue weighted by atomic mass is 32.1. The SMILES string of the molecule is Cc1ccc(N(Cc2ccccc2)C(=S)NC2CC2)cc1. The van der Waals surface area contributed by atoms with E-state index in [4.69, 9.17) is 12.2 Å². The molecule has 0 heterocycles. The Bertz CT molecular complexity index is 603. The van der Waals surface area contributed by atoms with Crippen LogP contribution in [-0.4, -0.2) is 11.2 Å². The number of rotatable bonds is 4. The van der Waals surface area contributed by atoms with Crippen molar-refractivity contribution in [1.82, 2.24) is 5.32 Å². The zero-order chi connectivity index (χ0) is 14.7. The lowest BCUT2D eigenvalue weighted by atomic mass is 10.2. The maximum atomic E-state index is 5.62. The van der Waals surface area contributed by atoms with E-state index in [0.29, 0.717) is 6.04 Å². The summed E-state index contributed by atoms with van der Waals surface area (Å²) >= 11 is 5.62. The number of thiocarbonyl (C=S) groups is 1. The molecule has 3 rings (SSSR count). The Hall–Kier alpha value is -1.87. The average molecular weight is 296 g/mol. The molecule has 0 aromatic heterocycles. The van der Waals surface area contributed by atoms with Crippen LogP contribution in [0.25, 0.3) is 0 Å². The smallest absolute Gasteiger partial charge is 0.173 e. The lowest BCUT2D eigenvalue weighted by Gasteiger charge is -2.26. The van der Waals surface area contributed by atoms with Gasteiger partial charge in [-0.15, -0.1) is 0 Å². The first-order valence-corrected chi connectivity index (χ1v) is 7.82. The fourth-order valence-corrected chi connectivity index (χ4v) is 2.59. The molecule has 2 aromatic carbocycles. The molecule has 3 heteroatoms. The Kier molecular flexibility index (Phi) is 4.20. The second-order valence-corrected chi connectivity index (χ2v) is 6.02. The molecule has 0 unspecified atom stereocenters. The van der Waals surface area contributed by atoms with Gasteiger partial charge in [0.15, 0.2) is 5.11 Å². The molecule has 1 aliphatic carbocycles. The number of nitrogens with zero attached hydrogens (tertiary/aromatic N) is 1. The summed E-state index contributed by atoms with van der Waals surface area (Å²) in [5.74, 6) is 0. The molecule has 0 spiro atoms. The Morgan fingerprint density at radius 1 is 1.10 bits per heavy atom. The molecular formula is C18H20N2S. The van der Waals surface area contributed by atoms with Gasteiger partial charge in [-0.05, 0) is 49.7 Å². The third kappa shape index (κ3) is 3.82. The van der Waals surface area contributed by atoms with E-state index in [1.807, 2.05) is 6.07 Å². The summed E-state index contributed by atoms with van der Waals surface area (Å²) in [5, 5.41) is 4.27. The van der Waals surface area contributed by atoms with E-state index >= 15 is 0 Å². The summed E-state index contributed by atoms with van der Waals surface area (Å²) in [7, 11) is 0. The molecular weight excluding hydrogens is 276 g/mol. The van der Waals surface area contributed by atoms with Gasteiger partial charge in [0.1, 0.15) is 0 Å². The van der Waals surface area contributed by atoms with Crippen molar-refractivity contribution in [2.45, 2.75) is 32.4 Å². The fraction of sp³-hybridized carbons (Fsp3) is 0.278. The van der Waals surface area contributed by atoms with Gasteiger partial charge in [-0.3, -0.25) is 0 Å². The average Bonchev–Trinajstić information content (AvgIpc) is 3.31. The van der Waals surface area contributed by atoms with Gasteiger partial charge in [0.25, 0.3) is 0 Å². The summed E-state index contributed by atoms with van der Waals surface area (Å²) < 4.78 is 0. The third-order valence-corrected chi connectivity index (χ3v) is 4.02. The highest BCUT2D eigenvalue weighted by Gasteiger charge is 2.24. The van der Waals surface area contributed by atoms with Crippen LogP contribution < -0.4 is 10.2 Å². The largest absolute Gasteiger partial charge is 0.360 e. The minimum atomic E-state index is 0.571. The van der Waals surface area contributed by atoms with Crippen molar-refractivity contribution < 1.29 is 0 Å². The Labute approximate surface area is 131 Å². The molecule has 21 heavy (non-hydrogen) atoms. The first-order chi connectivity index (χ1) is 10.2. The van der Waals surface area contributed by atoms with Crippen molar-refractivity contribution in [1.29, 1.82) is 0 Å². The lowest BCUT2D eigenvalue weighted by Crippen LogP contribution is -2.40. The topological polar surface area (TPSA) is 15.3 Å². The summed E-state index contributed by atoms with van der Waals surface area (Å²) in [6.07, 6.45) is 2.46. The van der Waals surface area contributed by atoms with Crippen LogP contribution in [0.15, 0.2) is 54.6 Å². The summed E-state index contributed by atoms with van der Waals surface area (Å²) in [6.45, 7) is 2.90. The molecule has 1 N–H and O–H groups in total. The predicted octanol–water partition coefficient (Wildman–Crippen LogP) is 4.04. The second kappa shape index (κ2) is 6.27. The quantitative estimate of drug-likeness (QED) is 0.857. The van der Waals surface area contributed by atoms with Crippen molar-refractivity contribution in [2.75, 3.05) is 4.90 Å². The molecule has 2 nitrogen and oxygen atoms in total. The van der Waals surface area contributed by atoms with Gasteiger partial charge in [0, 0.05) is 11.7 Å². The van der Waals surface area contributed by atoms with Gasteiger partial charge in [0.05, 0.1) is 6.54 Å². The van der Waals surface area contributed by atoms with Gasteiger partial charge in [0.2, 0.25) is 0 Å². The highest BCUT2D eigenvalue weighted by Crippen LogP contribution is 2.22. The molecule has 0 bridgehead atoms. The van der Waals surface area contributed by atoms with Crippen LogP contribution >= 0.6 is 12.2 Å². The Morgan fingerprint density at radius 3 is 2.38 bits per heavy atom. The van der Waals surface area contributed by atoms with E-state index in [1.54, 1.807) is 0 Å². The minimum absolute atomic E-state index is 0.571. The molecule has 2 aromatic rings. The molecule has 0 radical (unpaired) electrons. The van der Waals surface area contributed by atoms with Crippen LogP contribution in [0.2, 0.25) is 0 Å². The van der Waals surface area contributed by atoms with E-state index in [0.717, 1.165) is 17.3 Å². The van der Waals surface area contributed by atoms with Gasteiger partial charge < -0.3 is 10.2 Å². The summed E-state index contributed by atoms with van der Waals surface area (Å²) in [4.78, 5) is 2.18. The van der Waals surface area contributed by atoms with Gasteiger partial charge in [-0.2, -0.15) is 0 Å². The van der Waals surface area contributed by atoms with Crippen LogP contribution in [-0.2, 0) is 6.54 Å². The fourth-order valence-electron chi connectivity index (χ4n) is 2.25. The first-order valence-electron chi connectivity index (χ1n) is 7.41. The van der Waals surface area contributed by atoms with Crippen molar-refractivity contribution >= 4 is 23.0 Å². The molecule has 1 saturated carbocycles. The maximum absolute atomic E-state index is 5.62. The Balaban J connectivity index is 1.82. The molecule has 0 atom stereocenters. The van der Waals surface area contributed by atoms with Crippen LogP contribution in [0.1, 0.15) is 24.0 Å². The van der Waals surface area contributed by atoms with Crippen molar-refractivity contribution in [3.05, 3.63) is 65.7 Å². The van der Waals surface area contributed by atoms with E-state index < -0.39 is 0 Å². The van der Waals surface area contributed by atoms with Crippen LogP contribution in [0.4, 0.5) is 5.69 Å². The van der Waals surface area contributed by atoms with E-state index in [1.165, 1.54) is 24.0 Å². The number of aryl methyl sites for hydroxylation is 1. The standard InChI is InChI=1S/C18H20N2S/c1-14-7-11-17(12-8-14)20(18(21)19-16-9-10-16)13-15-5-3-2-4-6-15/h2-8,11-12,16H,9-10,13H2,1H3,(H,19,21). The number of anilines is 1. The normalized spacial score (nSPS) is 13.8. The molecule has 0 amide bonds. The number of hydrogen-bond acceptors (Lipinski definition) is 1. The molecule has 0 saturated heterocycles. The molecule has 1 fully saturated rings. The molecule has 1 aliphatic rings. The van der Waals surface area contributed by atoms with Gasteiger partial charge in [-0.25, -0.2) is 0 Å². The van der Waals surface area contributed by atoms with Gasteiger partial charge >= 0.3 is 0 Å². The number of hydrogen-bond donors (Lipinski definition) is 1. The van der Waals surface area contributed by atoms with E-state index in [9.17, 15) is 0 Å². The zero-order valence-electron chi connectivity index (χ0n) is 12.3. The summed E-state index contributed by atoms with van der Waals surface area (Å²) in [6, 6.07) is 19.6. The zero-order valence-corrected chi connectivity index (χ0v) is 13.1. The Morgan fingerprint density at radius 2 is 1.76 bits per heavy atom. The van der Waals surface area contributed by atoms with Crippen LogP contribution in [0, 0.1) is 6.92 Å². The van der Waals surface area contributed by atoms with E-state index in [2.05, 4.69) is 65.7 Å². The van der Waals surface area contributed by atoms with Crippen molar-refractivity contribution in [3.63, 3.8) is 0 Å². The molecule has 108 valence electrons.